The molecule has 2 heterocycles. The number of nitrogens with one attached hydrogen (secondary N) is 2. The predicted molar refractivity (Wildman–Crippen MR) is 108 cm³/mol. The Morgan fingerprint density at radius 2 is 1.93 bits per heavy atom. The number of aryl methyl sites for hydroxylation is 1. The summed E-state index contributed by atoms with van der Waals surface area (Å²) in [4.78, 5) is 31.4. The number of carbonyl (C=O) groups excluding carboxylic acids is 2. The number of nitrogens with zero attached hydrogens (tertiary/aromatic N) is 2. The van der Waals surface area contributed by atoms with Crippen molar-refractivity contribution in [2.75, 3.05) is 19.7 Å². The Morgan fingerprint density at radius 3 is 2.54 bits per heavy atom. The predicted octanol–water partition coefficient (Wildman–Crippen LogP) is 2.52. The zero-order valence-electron chi connectivity index (χ0n) is 16.2. The number of hydrogen-bond acceptors (Lipinski definition) is 6. The molecule has 0 spiro atoms. The third-order valence-electron chi connectivity index (χ3n) is 4.74. The molecule has 28 heavy (non-hydrogen) atoms. The summed E-state index contributed by atoms with van der Waals surface area (Å²) in [5.74, 6) is 0.146. The Labute approximate surface area is 169 Å². The van der Waals surface area contributed by atoms with Crippen LogP contribution in [0.4, 0.5) is 0 Å². The number of amides is 2. The Balaban J connectivity index is 1.41. The molecule has 7 nitrogen and oxygen atoms in total. The number of thiazole rings is 1. The van der Waals surface area contributed by atoms with Gasteiger partial charge in [-0.05, 0) is 64.0 Å². The average molecular weight is 403 g/mol. The second-order valence-corrected chi connectivity index (χ2v) is 7.87. The van der Waals surface area contributed by atoms with Crippen LogP contribution >= 0.6 is 11.3 Å². The van der Waals surface area contributed by atoms with E-state index in [4.69, 9.17) is 4.74 Å². The molecule has 0 radical (unpaired) electrons. The van der Waals surface area contributed by atoms with Gasteiger partial charge in [0, 0.05) is 23.4 Å². The standard InChI is InChI=1S/C20H26N4O3S/c1-3-27-18-6-4-15(5-7-18)19(25)22-23-20(26)16-8-10-24(11-9-16)12-17-13-28-14(2)21-17/h4-7,13,16H,3,8-12H2,1-2H3,(H,22,25)(H,23,26). The molecular weight excluding hydrogens is 376 g/mol. The number of likely N-dealkylation sites (tertiary alicyclic amines) is 1. The van der Waals surface area contributed by atoms with Crippen molar-refractivity contribution in [3.05, 3.63) is 45.9 Å². The van der Waals surface area contributed by atoms with Crippen molar-refractivity contribution in [2.45, 2.75) is 33.2 Å². The van der Waals surface area contributed by atoms with Gasteiger partial charge in [-0.25, -0.2) is 4.98 Å². The van der Waals surface area contributed by atoms with E-state index < -0.39 is 0 Å². The molecule has 1 aliphatic heterocycles. The normalized spacial score (nSPS) is 15.2. The highest BCUT2D eigenvalue weighted by Crippen LogP contribution is 2.20. The summed E-state index contributed by atoms with van der Waals surface area (Å²) in [6.45, 7) is 7.01. The first-order valence-electron chi connectivity index (χ1n) is 9.51. The molecule has 1 aromatic heterocycles. The van der Waals surface area contributed by atoms with E-state index in [1.54, 1.807) is 35.6 Å². The van der Waals surface area contributed by atoms with Crippen molar-refractivity contribution in [1.29, 1.82) is 0 Å². The topological polar surface area (TPSA) is 83.6 Å². The Kier molecular flexibility index (Phi) is 7.00. The minimum absolute atomic E-state index is 0.0888. The molecule has 2 amide bonds. The van der Waals surface area contributed by atoms with Gasteiger partial charge in [0.15, 0.2) is 0 Å². The first-order chi connectivity index (χ1) is 13.5. The highest BCUT2D eigenvalue weighted by molar-refractivity contribution is 7.09. The van der Waals surface area contributed by atoms with Gasteiger partial charge in [0.25, 0.3) is 5.91 Å². The van der Waals surface area contributed by atoms with Crippen LogP contribution in [0.2, 0.25) is 0 Å². The maximum atomic E-state index is 12.4. The lowest BCUT2D eigenvalue weighted by Gasteiger charge is -2.30. The van der Waals surface area contributed by atoms with E-state index in [1.165, 1.54) is 0 Å². The van der Waals surface area contributed by atoms with Crippen molar-refractivity contribution in [1.82, 2.24) is 20.7 Å². The van der Waals surface area contributed by atoms with Crippen molar-refractivity contribution < 1.29 is 14.3 Å². The van der Waals surface area contributed by atoms with Crippen molar-refractivity contribution >= 4 is 23.2 Å². The van der Waals surface area contributed by atoms with E-state index in [-0.39, 0.29) is 17.7 Å². The monoisotopic (exact) mass is 402 g/mol. The zero-order valence-corrected chi connectivity index (χ0v) is 17.1. The molecule has 0 saturated carbocycles. The number of aromatic nitrogens is 1. The number of rotatable bonds is 6. The van der Waals surface area contributed by atoms with Crippen LogP contribution < -0.4 is 15.6 Å². The molecule has 1 aliphatic rings. The highest BCUT2D eigenvalue weighted by Gasteiger charge is 2.25. The molecule has 1 saturated heterocycles. The average Bonchev–Trinajstić information content (AvgIpc) is 3.12. The van der Waals surface area contributed by atoms with Crippen molar-refractivity contribution in [2.24, 2.45) is 5.92 Å². The van der Waals surface area contributed by atoms with Crippen LogP contribution in [0.1, 0.15) is 40.8 Å². The molecule has 8 heteroatoms. The van der Waals surface area contributed by atoms with E-state index in [1.807, 2.05) is 13.8 Å². The van der Waals surface area contributed by atoms with Gasteiger partial charge in [-0.1, -0.05) is 0 Å². The van der Waals surface area contributed by atoms with Crippen LogP contribution in [0.25, 0.3) is 0 Å². The lowest BCUT2D eigenvalue weighted by Crippen LogP contribution is -2.47. The summed E-state index contributed by atoms with van der Waals surface area (Å²) < 4.78 is 5.36. The fourth-order valence-electron chi connectivity index (χ4n) is 3.23. The van der Waals surface area contributed by atoms with Gasteiger partial charge in [0.2, 0.25) is 5.91 Å². The van der Waals surface area contributed by atoms with E-state index in [2.05, 4.69) is 26.1 Å². The van der Waals surface area contributed by atoms with Gasteiger partial charge in [0.1, 0.15) is 5.75 Å². The minimum atomic E-state index is -0.340. The summed E-state index contributed by atoms with van der Waals surface area (Å²) in [5.41, 5.74) is 6.62. The molecule has 1 fully saturated rings. The fraction of sp³-hybridized carbons (Fsp3) is 0.450. The van der Waals surface area contributed by atoms with Gasteiger partial charge < -0.3 is 4.74 Å². The van der Waals surface area contributed by atoms with E-state index in [0.29, 0.717) is 17.9 Å². The highest BCUT2D eigenvalue weighted by atomic mass is 32.1. The van der Waals surface area contributed by atoms with Crippen LogP contribution in [0.3, 0.4) is 0 Å². The Bertz CT molecular complexity index is 798. The van der Waals surface area contributed by atoms with Gasteiger partial charge >= 0.3 is 0 Å². The van der Waals surface area contributed by atoms with Crippen LogP contribution in [-0.2, 0) is 11.3 Å². The molecule has 0 atom stereocenters. The van der Waals surface area contributed by atoms with Crippen LogP contribution in [0, 0.1) is 12.8 Å². The van der Waals surface area contributed by atoms with Gasteiger partial charge in [-0.15, -0.1) is 11.3 Å². The smallest absolute Gasteiger partial charge is 0.269 e. The minimum Gasteiger partial charge on any atom is -0.494 e. The number of carbonyl (C=O) groups is 2. The fourth-order valence-corrected chi connectivity index (χ4v) is 3.83. The number of ether oxygens (including phenoxy) is 1. The lowest BCUT2D eigenvalue weighted by molar-refractivity contribution is -0.127. The summed E-state index contributed by atoms with van der Waals surface area (Å²) in [5, 5.41) is 3.16. The number of hydrazine groups is 1. The molecule has 0 aliphatic carbocycles. The summed E-state index contributed by atoms with van der Waals surface area (Å²) in [6.07, 6.45) is 1.54. The van der Waals surface area contributed by atoms with Gasteiger partial charge in [-0.2, -0.15) is 0 Å². The molecule has 150 valence electrons. The first kappa shape index (κ1) is 20.3. The van der Waals surface area contributed by atoms with E-state index in [9.17, 15) is 9.59 Å². The Hall–Kier alpha value is -2.45. The Morgan fingerprint density at radius 1 is 1.21 bits per heavy atom. The summed E-state index contributed by atoms with van der Waals surface area (Å²) >= 11 is 1.66. The van der Waals surface area contributed by atoms with Gasteiger partial charge in [0.05, 0.1) is 17.3 Å². The van der Waals surface area contributed by atoms with E-state index in [0.717, 1.165) is 43.2 Å². The van der Waals surface area contributed by atoms with E-state index >= 15 is 0 Å². The number of piperidine rings is 1. The number of benzene rings is 1. The first-order valence-corrected chi connectivity index (χ1v) is 10.4. The number of hydrogen-bond donors (Lipinski definition) is 2. The lowest BCUT2D eigenvalue weighted by atomic mass is 9.96. The van der Waals surface area contributed by atoms with Crippen molar-refractivity contribution in [3.8, 4) is 5.75 Å². The van der Waals surface area contributed by atoms with Crippen LogP contribution in [0.5, 0.6) is 5.75 Å². The summed E-state index contributed by atoms with van der Waals surface area (Å²) in [7, 11) is 0. The molecular formula is C20H26N4O3S. The van der Waals surface area contributed by atoms with Crippen LogP contribution in [0.15, 0.2) is 29.6 Å². The summed E-state index contributed by atoms with van der Waals surface area (Å²) in [6, 6.07) is 6.82. The third kappa shape index (κ3) is 5.53. The molecule has 0 unspecified atom stereocenters. The molecule has 2 N–H and O–H groups in total. The molecule has 3 rings (SSSR count). The SMILES string of the molecule is CCOc1ccc(C(=O)NNC(=O)C2CCN(Cc3csc(C)n3)CC2)cc1. The molecule has 2 aromatic rings. The van der Waals surface area contributed by atoms with Gasteiger partial charge in [-0.3, -0.25) is 25.3 Å². The quantitative estimate of drug-likeness (QED) is 0.726. The van der Waals surface area contributed by atoms with Crippen LogP contribution in [-0.4, -0.2) is 41.4 Å². The maximum Gasteiger partial charge on any atom is 0.269 e. The second kappa shape index (κ2) is 9.66. The maximum absolute atomic E-state index is 12.4. The molecule has 1 aromatic carbocycles. The molecule has 0 bridgehead atoms. The zero-order chi connectivity index (χ0) is 19.9. The third-order valence-corrected chi connectivity index (χ3v) is 5.56. The second-order valence-electron chi connectivity index (χ2n) is 6.81. The largest absolute Gasteiger partial charge is 0.494 e. The van der Waals surface area contributed by atoms with Crippen molar-refractivity contribution in [3.63, 3.8) is 0 Å².